The Bertz CT molecular complexity index is 603. The normalized spacial score (nSPS) is 11.6. The molecule has 6 heteroatoms. The summed E-state index contributed by atoms with van der Waals surface area (Å²) in [5, 5.41) is 0. The molecule has 0 aliphatic carbocycles. The van der Waals surface area contributed by atoms with Gasteiger partial charge >= 0.3 is 0 Å². The van der Waals surface area contributed by atoms with Gasteiger partial charge in [0.15, 0.2) is 9.84 Å². The van der Waals surface area contributed by atoms with E-state index in [0.717, 1.165) is 6.26 Å². The Morgan fingerprint density at radius 2 is 2.12 bits per heavy atom. The number of sulfone groups is 1. The quantitative estimate of drug-likeness (QED) is 0.786. The fourth-order valence-electron chi connectivity index (χ4n) is 1.40. The monoisotopic (exact) mass is 237 g/mol. The van der Waals surface area contributed by atoms with Gasteiger partial charge in [0.25, 0.3) is 0 Å². The van der Waals surface area contributed by atoms with Gasteiger partial charge in [-0.1, -0.05) is 0 Å². The number of hydrogen-bond acceptors (Lipinski definition) is 4. The Kier molecular flexibility index (Phi) is 2.43. The van der Waals surface area contributed by atoms with Gasteiger partial charge in [-0.2, -0.15) is 0 Å². The summed E-state index contributed by atoms with van der Waals surface area (Å²) in [6.45, 7) is 0. The Labute approximate surface area is 93.5 Å². The van der Waals surface area contributed by atoms with Gasteiger partial charge in [0, 0.05) is 18.6 Å². The fourth-order valence-corrected chi connectivity index (χ4v) is 2.06. The van der Waals surface area contributed by atoms with Gasteiger partial charge < -0.3 is 10.3 Å². The molecule has 5 nitrogen and oxygen atoms in total. The van der Waals surface area contributed by atoms with E-state index in [1.807, 2.05) is 0 Å². The predicted octanol–water partition coefficient (Wildman–Crippen LogP) is 0.858. The summed E-state index contributed by atoms with van der Waals surface area (Å²) in [5.74, 6) is 0. The first-order valence-electron chi connectivity index (χ1n) is 4.56. The largest absolute Gasteiger partial charge is 0.397 e. The molecule has 84 valence electrons. The van der Waals surface area contributed by atoms with Gasteiger partial charge in [0.2, 0.25) is 0 Å². The average molecular weight is 237 g/mol. The van der Waals surface area contributed by atoms with E-state index in [4.69, 9.17) is 5.73 Å². The van der Waals surface area contributed by atoms with E-state index >= 15 is 0 Å². The fraction of sp³-hybridized carbons (Fsp3) is 0.100. The maximum absolute atomic E-state index is 11.3. The van der Waals surface area contributed by atoms with Crippen LogP contribution in [0.2, 0.25) is 0 Å². The minimum absolute atomic E-state index is 0.217. The van der Waals surface area contributed by atoms with Crippen molar-refractivity contribution in [3.63, 3.8) is 0 Å². The van der Waals surface area contributed by atoms with Crippen molar-refractivity contribution in [2.45, 2.75) is 4.90 Å². The van der Waals surface area contributed by atoms with Crippen LogP contribution >= 0.6 is 0 Å². The summed E-state index contributed by atoms with van der Waals surface area (Å²) in [6.07, 6.45) is 6.13. The Balaban J connectivity index is 2.54. The molecular weight excluding hydrogens is 226 g/mol. The second-order valence-corrected chi connectivity index (χ2v) is 5.48. The minimum Gasteiger partial charge on any atom is -0.397 e. The molecule has 0 bridgehead atoms. The van der Waals surface area contributed by atoms with Crippen LogP contribution in [0, 0.1) is 0 Å². The third-order valence-electron chi connectivity index (χ3n) is 2.21. The van der Waals surface area contributed by atoms with Gasteiger partial charge in [-0.25, -0.2) is 13.4 Å². The first-order valence-corrected chi connectivity index (χ1v) is 6.45. The van der Waals surface area contributed by atoms with Crippen LogP contribution in [0.5, 0.6) is 0 Å². The maximum Gasteiger partial charge on any atom is 0.175 e. The molecule has 2 N–H and O–H groups in total. The first kappa shape index (κ1) is 10.7. The molecular formula is C10H11N3O2S. The summed E-state index contributed by atoms with van der Waals surface area (Å²) in [5.41, 5.74) is 6.91. The van der Waals surface area contributed by atoms with E-state index in [1.54, 1.807) is 29.4 Å². The van der Waals surface area contributed by atoms with E-state index < -0.39 is 9.84 Å². The zero-order valence-electron chi connectivity index (χ0n) is 8.66. The highest BCUT2D eigenvalue weighted by molar-refractivity contribution is 7.90. The molecule has 0 saturated carbocycles. The van der Waals surface area contributed by atoms with Crippen LogP contribution in [-0.2, 0) is 9.84 Å². The molecule has 0 saturated heterocycles. The van der Waals surface area contributed by atoms with Gasteiger partial charge in [0.05, 0.1) is 22.6 Å². The van der Waals surface area contributed by atoms with Crippen molar-refractivity contribution in [2.75, 3.05) is 12.0 Å². The molecule has 1 aromatic heterocycles. The summed E-state index contributed by atoms with van der Waals surface area (Å²) in [7, 11) is -3.22. The lowest BCUT2D eigenvalue weighted by Crippen LogP contribution is -2.02. The van der Waals surface area contributed by atoms with Crippen LogP contribution in [0.25, 0.3) is 5.69 Å². The Morgan fingerprint density at radius 1 is 1.38 bits per heavy atom. The smallest absolute Gasteiger partial charge is 0.175 e. The molecule has 2 aromatic rings. The number of anilines is 1. The van der Waals surface area contributed by atoms with E-state index in [0.29, 0.717) is 11.4 Å². The number of aromatic nitrogens is 2. The standard InChI is InChI=1S/C10H11N3O2S/c1-16(14,15)8-2-3-10(9(11)6-8)13-5-4-12-7-13/h2-7H,11H2,1H3. The van der Waals surface area contributed by atoms with Gasteiger partial charge in [-0.15, -0.1) is 0 Å². The van der Waals surface area contributed by atoms with E-state index in [2.05, 4.69) is 4.98 Å². The zero-order chi connectivity index (χ0) is 11.8. The molecule has 0 aliphatic heterocycles. The third kappa shape index (κ3) is 1.92. The molecule has 16 heavy (non-hydrogen) atoms. The number of nitrogens with two attached hydrogens (primary N) is 1. The van der Waals surface area contributed by atoms with Gasteiger partial charge in [-0.3, -0.25) is 0 Å². The van der Waals surface area contributed by atoms with Gasteiger partial charge in [-0.05, 0) is 18.2 Å². The van der Waals surface area contributed by atoms with Crippen LogP contribution < -0.4 is 5.73 Å². The Hall–Kier alpha value is -1.82. The van der Waals surface area contributed by atoms with Crippen LogP contribution in [0.1, 0.15) is 0 Å². The van der Waals surface area contributed by atoms with E-state index in [-0.39, 0.29) is 4.90 Å². The predicted molar refractivity (Wildman–Crippen MR) is 61.1 cm³/mol. The molecule has 0 radical (unpaired) electrons. The van der Waals surface area contributed by atoms with Crippen molar-refractivity contribution < 1.29 is 8.42 Å². The molecule has 1 aromatic carbocycles. The second-order valence-electron chi connectivity index (χ2n) is 3.46. The number of rotatable bonds is 2. The molecule has 0 unspecified atom stereocenters. The Morgan fingerprint density at radius 3 is 2.62 bits per heavy atom. The van der Waals surface area contributed by atoms with Crippen LogP contribution in [0.15, 0.2) is 41.8 Å². The highest BCUT2D eigenvalue weighted by atomic mass is 32.2. The lowest BCUT2D eigenvalue weighted by atomic mass is 10.2. The van der Waals surface area contributed by atoms with Crippen molar-refractivity contribution in [3.05, 3.63) is 36.9 Å². The van der Waals surface area contributed by atoms with Crippen molar-refractivity contribution in [2.24, 2.45) is 0 Å². The summed E-state index contributed by atoms with van der Waals surface area (Å²) < 4.78 is 24.3. The van der Waals surface area contributed by atoms with Crippen molar-refractivity contribution in [1.29, 1.82) is 0 Å². The lowest BCUT2D eigenvalue weighted by molar-refractivity contribution is 0.602. The summed E-state index contributed by atoms with van der Waals surface area (Å²) in [4.78, 5) is 4.12. The number of nitrogens with zero attached hydrogens (tertiary/aromatic N) is 2. The molecule has 0 atom stereocenters. The average Bonchev–Trinajstić information content (AvgIpc) is 2.69. The second kappa shape index (κ2) is 3.64. The van der Waals surface area contributed by atoms with E-state index in [1.165, 1.54) is 12.1 Å². The number of imidazole rings is 1. The van der Waals surface area contributed by atoms with Crippen molar-refractivity contribution in [1.82, 2.24) is 9.55 Å². The van der Waals surface area contributed by atoms with Crippen LogP contribution in [0.4, 0.5) is 5.69 Å². The van der Waals surface area contributed by atoms with Crippen molar-refractivity contribution >= 4 is 15.5 Å². The number of benzene rings is 1. The maximum atomic E-state index is 11.3. The highest BCUT2D eigenvalue weighted by Gasteiger charge is 2.09. The van der Waals surface area contributed by atoms with Crippen LogP contribution in [0.3, 0.4) is 0 Å². The minimum atomic E-state index is -3.22. The highest BCUT2D eigenvalue weighted by Crippen LogP contribution is 2.21. The first-order chi connectivity index (χ1) is 7.48. The summed E-state index contributed by atoms with van der Waals surface area (Å²) >= 11 is 0. The number of nitrogen functional groups attached to an aromatic ring is 1. The topological polar surface area (TPSA) is 78.0 Å². The number of hydrogen-bond donors (Lipinski definition) is 1. The van der Waals surface area contributed by atoms with Crippen molar-refractivity contribution in [3.8, 4) is 5.69 Å². The van der Waals surface area contributed by atoms with Gasteiger partial charge in [0.1, 0.15) is 0 Å². The molecule has 1 heterocycles. The molecule has 0 aliphatic rings. The van der Waals surface area contributed by atoms with Crippen LogP contribution in [-0.4, -0.2) is 24.2 Å². The third-order valence-corrected chi connectivity index (χ3v) is 3.32. The lowest BCUT2D eigenvalue weighted by Gasteiger charge is -2.07. The zero-order valence-corrected chi connectivity index (χ0v) is 9.48. The molecule has 0 fully saturated rings. The molecule has 0 amide bonds. The van der Waals surface area contributed by atoms with E-state index in [9.17, 15) is 8.42 Å². The molecule has 2 rings (SSSR count). The summed E-state index contributed by atoms with van der Waals surface area (Å²) in [6, 6.07) is 4.64. The SMILES string of the molecule is CS(=O)(=O)c1ccc(-n2ccnc2)c(N)c1. The molecule has 0 spiro atoms.